The fourth-order valence-corrected chi connectivity index (χ4v) is 4.26. The molecule has 3 aromatic rings. The predicted octanol–water partition coefficient (Wildman–Crippen LogP) is 4.96. The highest BCUT2D eigenvalue weighted by molar-refractivity contribution is 5.84. The molecule has 0 spiro atoms. The molecule has 2 amide bonds. The van der Waals surface area contributed by atoms with Crippen molar-refractivity contribution in [3.8, 4) is 0 Å². The largest absolute Gasteiger partial charge is 0.479 e. The van der Waals surface area contributed by atoms with Crippen LogP contribution in [0.5, 0.6) is 0 Å². The van der Waals surface area contributed by atoms with Crippen LogP contribution < -0.4 is 0 Å². The first-order valence-electron chi connectivity index (χ1n) is 13.6. The first-order valence-corrected chi connectivity index (χ1v) is 13.6. The molecule has 222 valence electrons. The quantitative estimate of drug-likeness (QED) is 0.224. The van der Waals surface area contributed by atoms with Gasteiger partial charge >= 0.3 is 24.1 Å². The van der Waals surface area contributed by atoms with Crippen LogP contribution in [-0.2, 0) is 43.6 Å². The van der Waals surface area contributed by atoms with Crippen LogP contribution in [0.4, 0.5) is 9.59 Å². The second kappa shape index (κ2) is 15.6. The molecule has 0 aromatic heterocycles. The van der Waals surface area contributed by atoms with Gasteiger partial charge in [-0.3, -0.25) is 9.80 Å². The summed E-state index contributed by atoms with van der Waals surface area (Å²) in [6.45, 7) is 1.09. The van der Waals surface area contributed by atoms with E-state index in [0.717, 1.165) is 16.7 Å². The third-order valence-electron chi connectivity index (χ3n) is 6.51. The Morgan fingerprint density at radius 3 is 1.37 bits per heavy atom. The summed E-state index contributed by atoms with van der Waals surface area (Å²) in [5.74, 6) is -1.52. The Labute approximate surface area is 249 Å². The van der Waals surface area contributed by atoms with Crippen LogP contribution in [0.1, 0.15) is 16.7 Å². The molecule has 2 aliphatic rings. The summed E-state index contributed by atoms with van der Waals surface area (Å²) in [4.78, 5) is 49.7. The zero-order valence-corrected chi connectivity index (χ0v) is 23.4. The monoisotopic (exact) mass is 584 g/mol. The topological polar surface area (TPSA) is 123 Å². The summed E-state index contributed by atoms with van der Waals surface area (Å²) < 4.78 is 15.7. The maximum Gasteiger partial charge on any atom is 0.411 e. The minimum atomic E-state index is -1.06. The van der Waals surface area contributed by atoms with E-state index < -0.39 is 36.2 Å². The van der Waals surface area contributed by atoms with E-state index in [1.165, 1.54) is 15.9 Å². The van der Waals surface area contributed by atoms with E-state index in [0.29, 0.717) is 6.54 Å². The number of carboxylic acids is 1. The fraction of sp³-hybridized carbons (Fsp3) is 0.212. The number of aliphatic carboxylic acids is 1. The molecule has 0 saturated carbocycles. The van der Waals surface area contributed by atoms with E-state index >= 15 is 0 Å². The van der Waals surface area contributed by atoms with E-state index in [2.05, 4.69) is 0 Å². The molecule has 43 heavy (non-hydrogen) atoms. The van der Waals surface area contributed by atoms with Crippen molar-refractivity contribution in [3.05, 3.63) is 132 Å². The Morgan fingerprint density at radius 1 is 0.581 bits per heavy atom. The van der Waals surface area contributed by atoms with Crippen molar-refractivity contribution in [2.24, 2.45) is 0 Å². The number of carboxylic acid groups (broad SMARTS) is 1. The lowest BCUT2D eigenvalue weighted by Gasteiger charge is -2.22. The lowest BCUT2D eigenvalue weighted by atomic mass is 10.2. The lowest BCUT2D eigenvalue weighted by molar-refractivity contribution is -0.148. The molecule has 0 bridgehead atoms. The zero-order valence-electron chi connectivity index (χ0n) is 23.4. The fourth-order valence-electron chi connectivity index (χ4n) is 4.26. The number of amides is 2. The summed E-state index contributed by atoms with van der Waals surface area (Å²) in [6, 6.07) is 26.4. The SMILES string of the molecule is O=C(O)[C@@H]1C=CCN1C(=O)OCc1ccccc1.O=C(OCc1ccccc1)[C@@H]1C=CCN1C(=O)OCc1ccccc1. The van der Waals surface area contributed by atoms with E-state index in [1.54, 1.807) is 18.2 Å². The second-order valence-corrected chi connectivity index (χ2v) is 9.56. The van der Waals surface area contributed by atoms with Crippen LogP contribution in [0.2, 0.25) is 0 Å². The van der Waals surface area contributed by atoms with Gasteiger partial charge in [0.1, 0.15) is 19.8 Å². The summed E-state index contributed by atoms with van der Waals surface area (Å²) in [5, 5.41) is 8.92. The molecule has 1 N–H and O–H groups in total. The smallest absolute Gasteiger partial charge is 0.411 e. The van der Waals surface area contributed by atoms with Gasteiger partial charge in [0.2, 0.25) is 0 Å². The van der Waals surface area contributed by atoms with E-state index in [4.69, 9.17) is 19.3 Å². The molecule has 0 fully saturated rings. The number of ether oxygens (including phenoxy) is 3. The van der Waals surface area contributed by atoms with Crippen molar-refractivity contribution in [2.75, 3.05) is 13.1 Å². The van der Waals surface area contributed by atoms with Gasteiger partial charge in [-0.1, -0.05) is 115 Å². The van der Waals surface area contributed by atoms with Gasteiger partial charge in [-0.2, -0.15) is 0 Å². The molecule has 0 aliphatic carbocycles. The third kappa shape index (κ3) is 9.06. The Balaban J connectivity index is 0.000000208. The highest BCUT2D eigenvalue weighted by atomic mass is 16.6. The number of hydrogen-bond acceptors (Lipinski definition) is 7. The molecule has 0 radical (unpaired) electrons. The van der Waals surface area contributed by atoms with Crippen LogP contribution >= 0.6 is 0 Å². The summed E-state index contributed by atoms with van der Waals surface area (Å²) in [6.07, 6.45) is 5.40. The van der Waals surface area contributed by atoms with Crippen molar-refractivity contribution < 1.29 is 38.5 Å². The number of rotatable bonds is 8. The number of nitrogens with zero attached hydrogens (tertiary/aromatic N) is 2. The van der Waals surface area contributed by atoms with E-state index in [1.807, 2.05) is 91.0 Å². The molecular weight excluding hydrogens is 552 g/mol. The highest BCUT2D eigenvalue weighted by Gasteiger charge is 2.33. The molecule has 5 rings (SSSR count). The van der Waals surface area contributed by atoms with Crippen molar-refractivity contribution >= 4 is 24.1 Å². The van der Waals surface area contributed by atoms with E-state index in [9.17, 15) is 19.2 Å². The molecule has 10 heteroatoms. The summed E-state index contributed by atoms with van der Waals surface area (Å²) in [7, 11) is 0. The van der Waals surface area contributed by atoms with Crippen molar-refractivity contribution in [1.29, 1.82) is 0 Å². The lowest BCUT2D eigenvalue weighted by Crippen LogP contribution is -2.42. The molecule has 10 nitrogen and oxygen atoms in total. The average molecular weight is 585 g/mol. The van der Waals surface area contributed by atoms with Gasteiger partial charge < -0.3 is 19.3 Å². The molecule has 0 unspecified atom stereocenters. The Kier molecular flexibility index (Phi) is 11.1. The average Bonchev–Trinajstić information content (AvgIpc) is 3.74. The van der Waals surface area contributed by atoms with Gasteiger partial charge in [-0.15, -0.1) is 0 Å². The maximum atomic E-state index is 12.3. The third-order valence-corrected chi connectivity index (χ3v) is 6.51. The van der Waals surface area contributed by atoms with Crippen molar-refractivity contribution in [1.82, 2.24) is 9.80 Å². The molecule has 2 heterocycles. The van der Waals surface area contributed by atoms with Crippen LogP contribution in [-0.4, -0.2) is 64.2 Å². The zero-order chi connectivity index (χ0) is 30.4. The molecule has 2 aliphatic heterocycles. The van der Waals surface area contributed by atoms with Gasteiger partial charge in [-0.05, 0) is 16.7 Å². The predicted molar refractivity (Wildman–Crippen MR) is 156 cm³/mol. The van der Waals surface area contributed by atoms with Crippen LogP contribution in [0.15, 0.2) is 115 Å². The molecule has 0 saturated heterocycles. The number of carbonyl (C=O) groups is 4. The maximum absolute atomic E-state index is 12.3. The number of carbonyl (C=O) groups excluding carboxylic acids is 3. The minimum absolute atomic E-state index is 0.141. The van der Waals surface area contributed by atoms with Crippen LogP contribution in [0.25, 0.3) is 0 Å². The van der Waals surface area contributed by atoms with Crippen molar-refractivity contribution in [3.63, 3.8) is 0 Å². The summed E-state index contributed by atoms with van der Waals surface area (Å²) >= 11 is 0. The normalized spacial score (nSPS) is 16.7. The van der Waals surface area contributed by atoms with Gasteiger partial charge in [-0.25, -0.2) is 19.2 Å². The van der Waals surface area contributed by atoms with Crippen LogP contribution in [0, 0.1) is 0 Å². The number of esters is 1. The van der Waals surface area contributed by atoms with Crippen molar-refractivity contribution in [2.45, 2.75) is 31.9 Å². The standard InChI is InChI=1S/C20H19NO4.C13H13NO4/c22-19(24-14-16-8-3-1-4-9-16)18-12-7-13-21(18)20(23)25-15-17-10-5-2-6-11-17;15-12(16)11-7-4-8-14(11)13(17)18-9-10-5-2-1-3-6-10/h1-12,18H,13-15H2;1-7,11H,8-9H2,(H,15,16)/t18-;11-/m00/s1. The summed E-state index contributed by atoms with van der Waals surface area (Å²) in [5.41, 5.74) is 2.66. The van der Waals surface area contributed by atoms with Gasteiger partial charge in [0.05, 0.1) is 0 Å². The van der Waals surface area contributed by atoms with Gasteiger partial charge in [0.15, 0.2) is 12.1 Å². The minimum Gasteiger partial charge on any atom is -0.479 e. The Morgan fingerprint density at radius 2 is 0.953 bits per heavy atom. The van der Waals surface area contributed by atoms with Gasteiger partial charge in [0, 0.05) is 13.1 Å². The molecule has 3 aromatic carbocycles. The Bertz CT molecular complexity index is 1430. The van der Waals surface area contributed by atoms with E-state index in [-0.39, 0.29) is 26.4 Å². The first kappa shape index (κ1) is 30.6. The molecule has 2 atom stereocenters. The van der Waals surface area contributed by atoms with Crippen LogP contribution in [0.3, 0.4) is 0 Å². The number of benzene rings is 3. The van der Waals surface area contributed by atoms with Gasteiger partial charge in [0.25, 0.3) is 0 Å². The first-order chi connectivity index (χ1) is 20.9. The highest BCUT2D eigenvalue weighted by Crippen LogP contribution is 2.16. The Hall–Kier alpha value is -5.38. The second-order valence-electron chi connectivity index (χ2n) is 9.56. The number of hydrogen-bond donors (Lipinski definition) is 1. The molecular formula is C33H32N2O8.